The molecule has 0 radical (unpaired) electrons. The Labute approximate surface area is 121 Å². The number of benzene rings is 1. The van der Waals surface area contributed by atoms with Gasteiger partial charge in [-0.1, -0.05) is 17.9 Å². The second-order valence-electron chi connectivity index (χ2n) is 5.00. The van der Waals surface area contributed by atoms with Crippen molar-refractivity contribution in [1.82, 2.24) is 9.78 Å². The monoisotopic (exact) mass is 290 g/mol. The molecule has 1 atom stereocenters. The minimum atomic E-state index is -0.552. The first-order chi connectivity index (χ1) is 10.3. The van der Waals surface area contributed by atoms with Gasteiger partial charge in [-0.2, -0.15) is 4.39 Å². The van der Waals surface area contributed by atoms with Crippen LogP contribution in [0.1, 0.15) is 37.5 Å². The van der Waals surface area contributed by atoms with Crippen molar-refractivity contribution in [2.24, 2.45) is 0 Å². The molecule has 0 unspecified atom stereocenters. The third-order valence-electron chi connectivity index (χ3n) is 3.56. The van der Waals surface area contributed by atoms with E-state index in [1.165, 1.54) is 0 Å². The molecule has 110 valence electrons. The molecule has 1 aromatic heterocycles. The normalized spacial score (nSPS) is 18.5. The fourth-order valence-electron chi connectivity index (χ4n) is 2.59. The van der Waals surface area contributed by atoms with Crippen LogP contribution in [-0.4, -0.2) is 23.1 Å². The average molecular weight is 290 g/mol. The molecular weight excluding hydrogens is 274 g/mol. The van der Waals surface area contributed by atoms with Gasteiger partial charge in [0.1, 0.15) is 6.67 Å². The van der Waals surface area contributed by atoms with Crippen LogP contribution in [0.25, 0.3) is 10.9 Å². The maximum absolute atomic E-state index is 14.2. The first-order valence-electron chi connectivity index (χ1n) is 7.14. The minimum absolute atomic E-state index is 0.151. The Bertz CT molecular complexity index is 693. The summed E-state index contributed by atoms with van der Waals surface area (Å²) in [5, 5.41) is 4.37. The molecule has 1 aliphatic rings. The van der Waals surface area contributed by atoms with Gasteiger partial charge < -0.3 is 4.74 Å². The highest BCUT2D eigenvalue weighted by Crippen LogP contribution is 2.29. The van der Waals surface area contributed by atoms with Crippen LogP contribution in [0.4, 0.5) is 8.78 Å². The molecule has 1 aliphatic heterocycles. The second-order valence-corrected chi connectivity index (χ2v) is 5.00. The van der Waals surface area contributed by atoms with Gasteiger partial charge in [0.05, 0.1) is 10.9 Å². The molecule has 3 nitrogen and oxygen atoms in total. The Morgan fingerprint density at radius 3 is 3.05 bits per heavy atom. The van der Waals surface area contributed by atoms with E-state index in [-0.39, 0.29) is 12.6 Å². The molecule has 0 spiro atoms. The predicted molar refractivity (Wildman–Crippen MR) is 76.0 cm³/mol. The molecule has 5 heteroatoms. The van der Waals surface area contributed by atoms with Gasteiger partial charge in [-0.25, -0.2) is 4.68 Å². The molecule has 21 heavy (non-hydrogen) atoms. The van der Waals surface area contributed by atoms with Gasteiger partial charge in [0, 0.05) is 18.6 Å². The lowest BCUT2D eigenvalue weighted by Gasteiger charge is -2.23. The SMILES string of the molecule is FCCC#Cc1cccc2c1c(F)nn2[C@@H]1CCCCO1. The zero-order valence-electron chi connectivity index (χ0n) is 11.6. The molecule has 2 aromatic rings. The Morgan fingerprint density at radius 2 is 2.29 bits per heavy atom. The van der Waals surface area contributed by atoms with E-state index in [0.29, 0.717) is 23.1 Å². The van der Waals surface area contributed by atoms with Gasteiger partial charge >= 0.3 is 0 Å². The quantitative estimate of drug-likeness (QED) is 0.790. The second kappa shape index (κ2) is 6.23. The van der Waals surface area contributed by atoms with Crippen molar-refractivity contribution in [1.29, 1.82) is 0 Å². The third-order valence-corrected chi connectivity index (χ3v) is 3.56. The van der Waals surface area contributed by atoms with E-state index in [4.69, 9.17) is 4.74 Å². The van der Waals surface area contributed by atoms with Crippen LogP contribution in [0, 0.1) is 17.8 Å². The van der Waals surface area contributed by atoms with Gasteiger partial charge in [-0.05, 0) is 31.4 Å². The molecule has 0 N–H and O–H groups in total. The van der Waals surface area contributed by atoms with E-state index in [0.717, 1.165) is 19.3 Å². The molecule has 0 saturated carbocycles. The van der Waals surface area contributed by atoms with Crippen molar-refractivity contribution >= 4 is 10.9 Å². The Balaban J connectivity index is 2.05. The lowest BCUT2D eigenvalue weighted by Crippen LogP contribution is -2.19. The van der Waals surface area contributed by atoms with E-state index >= 15 is 0 Å². The molecule has 1 aromatic carbocycles. The molecule has 1 saturated heterocycles. The Morgan fingerprint density at radius 1 is 1.38 bits per heavy atom. The summed E-state index contributed by atoms with van der Waals surface area (Å²) in [6.45, 7) is 0.171. The lowest BCUT2D eigenvalue weighted by atomic mass is 10.1. The molecule has 2 heterocycles. The highest BCUT2D eigenvalue weighted by atomic mass is 19.1. The summed E-state index contributed by atoms with van der Waals surface area (Å²) in [5.41, 5.74) is 1.21. The van der Waals surface area contributed by atoms with Gasteiger partial charge in [0.15, 0.2) is 6.23 Å². The van der Waals surface area contributed by atoms with Crippen LogP contribution < -0.4 is 0 Å². The first kappa shape index (κ1) is 14.0. The van der Waals surface area contributed by atoms with E-state index < -0.39 is 12.6 Å². The number of alkyl halides is 1. The van der Waals surface area contributed by atoms with Crippen LogP contribution in [0.3, 0.4) is 0 Å². The van der Waals surface area contributed by atoms with Crippen LogP contribution in [0.15, 0.2) is 18.2 Å². The van der Waals surface area contributed by atoms with E-state index in [1.807, 2.05) is 12.1 Å². The summed E-state index contributed by atoms with van der Waals surface area (Å²) < 4.78 is 33.6. The van der Waals surface area contributed by atoms with Gasteiger partial charge in [0.2, 0.25) is 5.95 Å². The largest absolute Gasteiger partial charge is 0.356 e. The molecule has 0 amide bonds. The topological polar surface area (TPSA) is 27.1 Å². The average Bonchev–Trinajstić information content (AvgIpc) is 2.87. The third kappa shape index (κ3) is 2.77. The molecule has 3 rings (SSSR count). The number of ether oxygens (including phenoxy) is 1. The maximum atomic E-state index is 14.2. The number of aromatic nitrogens is 2. The highest BCUT2D eigenvalue weighted by Gasteiger charge is 2.22. The lowest BCUT2D eigenvalue weighted by molar-refractivity contribution is -0.0375. The zero-order valence-corrected chi connectivity index (χ0v) is 11.6. The van der Waals surface area contributed by atoms with Crippen molar-refractivity contribution < 1.29 is 13.5 Å². The van der Waals surface area contributed by atoms with Crippen molar-refractivity contribution in [2.45, 2.75) is 31.9 Å². The van der Waals surface area contributed by atoms with Gasteiger partial charge in [-0.15, -0.1) is 5.10 Å². The van der Waals surface area contributed by atoms with Crippen molar-refractivity contribution in [2.75, 3.05) is 13.3 Å². The minimum Gasteiger partial charge on any atom is -0.356 e. The van der Waals surface area contributed by atoms with Crippen LogP contribution in [-0.2, 0) is 4.74 Å². The molecule has 1 fully saturated rings. The number of halogens is 2. The van der Waals surface area contributed by atoms with Crippen LogP contribution >= 0.6 is 0 Å². The number of rotatable bonds is 2. The predicted octanol–water partition coefficient (Wildman–Crippen LogP) is 3.59. The van der Waals surface area contributed by atoms with Gasteiger partial charge in [0.25, 0.3) is 0 Å². The van der Waals surface area contributed by atoms with Crippen molar-refractivity contribution in [3.05, 3.63) is 29.7 Å². The summed E-state index contributed by atoms with van der Waals surface area (Å²) in [7, 11) is 0. The van der Waals surface area contributed by atoms with E-state index in [2.05, 4.69) is 16.9 Å². The fourth-order valence-corrected chi connectivity index (χ4v) is 2.59. The van der Waals surface area contributed by atoms with Gasteiger partial charge in [-0.3, -0.25) is 4.39 Å². The number of hydrogen-bond donors (Lipinski definition) is 0. The highest BCUT2D eigenvalue weighted by molar-refractivity contribution is 5.85. The van der Waals surface area contributed by atoms with Crippen molar-refractivity contribution in [3.63, 3.8) is 0 Å². The summed E-state index contributed by atoms with van der Waals surface area (Å²) >= 11 is 0. The molecule has 0 bridgehead atoms. The summed E-state index contributed by atoms with van der Waals surface area (Å²) in [4.78, 5) is 0. The summed E-state index contributed by atoms with van der Waals surface area (Å²) in [6.07, 6.45) is 2.83. The first-order valence-corrected chi connectivity index (χ1v) is 7.14. The summed E-state index contributed by atoms with van der Waals surface area (Å²) in [5.74, 6) is 4.97. The Hall–Kier alpha value is -1.93. The van der Waals surface area contributed by atoms with E-state index in [1.54, 1.807) is 10.7 Å². The molecular formula is C16H16F2N2O. The number of fused-ring (bicyclic) bond motifs is 1. The standard InChI is InChI=1S/C16H16F2N2O/c17-10-3-1-6-12-7-5-8-13-15(12)16(18)19-20(13)14-9-2-4-11-21-14/h5,7-8,14H,2-4,9-11H2/t14-/m0/s1. The smallest absolute Gasteiger partial charge is 0.241 e. The number of nitrogens with zero attached hydrogens (tertiary/aromatic N) is 2. The maximum Gasteiger partial charge on any atom is 0.241 e. The summed E-state index contributed by atoms with van der Waals surface area (Å²) in [6, 6.07) is 5.34. The van der Waals surface area contributed by atoms with Crippen molar-refractivity contribution in [3.8, 4) is 11.8 Å². The van der Waals surface area contributed by atoms with E-state index in [9.17, 15) is 8.78 Å². The zero-order chi connectivity index (χ0) is 14.7. The van der Waals surface area contributed by atoms with Crippen LogP contribution in [0.2, 0.25) is 0 Å². The molecule has 0 aliphatic carbocycles. The van der Waals surface area contributed by atoms with Crippen LogP contribution in [0.5, 0.6) is 0 Å². The Kier molecular flexibility index (Phi) is 4.16. The number of hydrogen-bond acceptors (Lipinski definition) is 2. The fraction of sp³-hybridized carbons (Fsp3) is 0.438.